The molecule has 0 bridgehead atoms. The third kappa shape index (κ3) is 3.75. The maximum atomic E-state index is 12.6. The maximum absolute atomic E-state index is 12.6. The summed E-state index contributed by atoms with van der Waals surface area (Å²) in [6.07, 6.45) is 5.19. The molecule has 2 heterocycles. The van der Waals surface area contributed by atoms with Gasteiger partial charge in [-0.1, -0.05) is 0 Å². The molecule has 1 aromatic heterocycles. The van der Waals surface area contributed by atoms with Crippen LogP contribution >= 0.6 is 11.8 Å². The van der Waals surface area contributed by atoms with Crippen molar-refractivity contribution < 1.29 is 14.3 Å². The molecule has 1 aromatic rings. The number of pyridine rings is 1. The molecular weight excluding hydrogens is 288 g/mol. The number of carbonyl (C=O) groups excluding carboxylic acids is 2. The molecule has 1 fully saturated rings. The lowest BCUT2D eigenvalue weighted by Crippen LogP contribution is -2.43. The van der Waals surface area contributed by atoms with Gasteiger partial charge in [-0.3, -0.25) is 9.59 Å². The van der Waals surface area contributed by atoms with Crippen molar-refractivity contribution in [1.29, 1.82) is 0 Å². The second-order valence-electron chi connectivity index (χ2n) is 4.90. The van der Waals surface area contributed by atoms with Crippen molar-refractivity contribution in [2.24, 2.45) is 5.92 Å². The number of esters is 1. The molecule has 2 rings (SSSR count). The first-order chi connectivity index (χ1) is 10.2. The van der Waals surface area contributed by atoms with E-state index in [1.165, 1.54) is 11.8 Å². The minimum absolute atomic E-state index is 0.0542. The highest BCUT2D eigenvalue weighted by molar-refractivity contribution is 7.98. The van der Waals surface area contributed by atoms with E-state index < -0.39 is 0 Å². The van der Waals surface area contributed by atoms with E-state index in [4.69, 9.17) is 4.74 Å². The van der Waals surface area contributed by atoms with Crippen molar-refractivity contribution in [2.45, 2.75) is 24.8 Å². The quantitative estimate of drug-likeness (QED) is 0.630. The standard InChI is InChI=1S/C15H20N2O3S/c1-3-20-15(19)11-6-5-9-17(10-11)14(18)12-7-4-8-16-13(12)21-2/h4,7-8,11H,3,5-6,9-10H2,1-2H3. The Balaban J connectivity index is 2.10. The summed E-state index contributed by atoms with van der Waals surface area (Å²) >= 11 is 1.45. The zero-order valence-electron chi connectivity index (χ0n) is 12.4. The average Bonchev–Trinajstić information content (AvgIpc) is 2.54. The summed E-state index contributed by atoms with van der Waals surface area (Å²) in [7, 11) is 0. The van der Waals surface area contributed by atoms with E-state index in [0.29, 0.717) is 25.3 Å². The molecule has 0 aromatic carbocycles. The highest BCUT2D eigenvalue weighted by Crippen LogP contribution is 2.23. The van der Waals surface area contributed by atoms with Crippen LogP contribution in [0.3, 0.4) is 0 Å². The maximum Gasteiger partial charge on any atom is 0.310 e. The van der Waals surface area contributed by atoms with Crippen molar-refractivity contribution in [3.05, 3.63) is 23.9 Å². The molecular formula is C15H20N2O3S. The molecule has 0 N–H and O–H groups in total. The van der Waals surface area contributed by atoms with Crippen LogP contribution in [0.1, 0.15) is 30.1 Å². The van der Waals surface area contributed by atoms with E-state index in [1.807, 2.05) is 6.26 Å². The van der Waals surface area contributed by atoms with Gasteiger partial charge in [0.2, 0.25) is 0 Å². The minimum atomic E-state index is -0.211. The Kier molecular flexibility index (Phi) is 5.61. The second-order valence-corrected chi connectivity index (χ2v) is 5.70. The van der Waals surface area contributed by atoms with Gasteiger partial charge in [-0.2, -0.15) is 0 Å². The molecule has 1 amide bonds. The van der Waals surface area contributed by atoms with Gasteiger partial charge in [-0.15, -0.1) is 11.8 Å². The molecule has 0 radical (unpaired) electrons. The number of rotatable bonds is 4. The molecule has 0 saturated carbocycles. The number of aromatic nitrogens is 1. The van der Waals surface area contributed by atoms with E-state index in [9.17, 15) is 9.59 Å². The fourth-order valence-corrected chi connectivity index (χ4v) is 3.04. The summed E-state index contributed by atoms with van der Waals surface area (Å²) in [5.74, 6) is -0.468. The number of amides is 1. The van der Waals surface area contributed by atoms with Crippen LogP contribution in [-0.4, -0.2) is 47.7 Å². The number of likely N-dealkylation sites (tertiary alicyclic amines) is 1. The summed E-state index contributed by atoms with van der Waals surface area (Å²) in [6, 6.07) is 3.55. The van der Waals surface area contributed by atoms with Crippen molar-refractivity contribution in [3.8, 4) is 0 Å². The molecule has 114 valence electrons. The van der Waals surface area contributed by atoms with Gasteiger partial charge in [0.05, 0.1) is 18.1 Å². The van der Waals surface area contributed by atoms with Crippen LogP contribution in [0.5, 0.6) is 0 Å². The lowest BCUT2D eigenvalue weighted by atomic mass is 9.97. The molecule has 0 aliphatic carbocycles. The summed E-state index contributed by atoms with van der Waals surface area (Å²) in [6.45, 7) is 3.28. The van der Waals surface area contributed by atoms with E-state index >= 15 is 0 Å². The van der Waals surface area contributed by atoms with Gasteiger partial charge in [0, 0.05) is 19.3 Å². The van der Waals surface area contributed by atoms with Gasteiger partial charge in [0.25, 0.3) is 5.91 Å². The molecule has 1 aliphatic rings. The third-order valence-corrected chi connectivity index (χ3v) is 4.24. The van der Waals surface area contributed by atoms with Gasteiger partial charge in [0.1, 0.15) is 5.03 Å². The molecule has 1 saturated heterocycles. The zero-order valence-corrected chi connectivity index (χ0v) is 13.2. The summed E-state index contributed by atoms with van der Waals surface area (Å²) < 4.78 is 5.07. The van der Waals surface area contributed by atoms with Crippen molar-refractivity contribution in [1.82, 2.24) is 9.88 Å². The highest BCUT2D eigenvalue weighted by atomic mass is 32.2. The number of ether oxygens (including phenoxy) is 1. The van der Waals surface area contributed by atoms with Crippen LogP contribution in [0.15, 0.2) is 23.4 Å². The number of hydrogen-bond acceptors (Lipinski definition) is 5. The lowest BCUT2D eigenvalue weighted by molar-refractivity contribution is -0.149. The number of carbonyl (C=O) groups is 2. The van der Waals surface area contributed by atoms with Crippen LogP contribution in [0.25, 0.3) is 0 Å². The topological polar surface area (TPSA) is 59.5 Å². The Hall–Kier alpha value is -1.56. The molecule has 5 nitrogen and oxygen atoms in total. The fourth-order valence-electron chi connectivity index (χ4n) is 2.50. The lowest BCUT2D eigenvalue weighted by Gasteiger charge is -2.31. The summed E-state index contributed by atoms with van der Waals surface area (Å²) in [5.41, 5.74) is 0.606. The average molecular weight is 308 g/mol. The zero-order chi connectivity index (χ0) is 15.2. The molecule has 1 aliphatic heterocycles. The Morgan fingerprint density at radius 2 is 2.33 bits per heavy atom. The first-order valence-electron chi connectivity index (χ1n) is 7.12. The van der Waals surface area contributed by atoms with Crippen molar-refractivity contribution >= 4 is 23.6 Å². The monoisotopic (exact) mass is 308 g/mol. The van der Waals surface area contributed by atoms with E-state index in [0.717, 1.165) is 17.9 Å². The first kappa shape index (κ1) is 15.8. The van der Waals surface area contributed by atoms with E-state index in [-0.39, 0.29) is 17.8 Å². The Morgan fingerprint density at radius 1 is 1.52 bits per heavy atom. The number of piperidine rings is 1. The summed E-state index contributed by atoms with van der Waals surface area (Å²) in [4.78, 5) is 30.4. The normalized spacial score (nSPS) is 18.4. The van der Waals surface area contributed by atoms with Gasteiger partial charge in [0.15, 0.2) is 0 Å². The third-order valence-electron chi connectivity index (χ3n) is 3.52. The molecule has 0 spiro atoms. The van der Waals surface area contributed by atoms with Gasteiger partial charge in [-0.05, 0) is 38.2 Å². The number of thioether (sulfide) groups is 1. The van der Waals surface area contributed by atoms with Gasteiger partial charge < -0.3 is 9.64 Å². The molecule has 1 unspecified atom stereocenters. The summed E-state index contributed by atoms with van der Waals surface area (Å²) in [5, 5.41) is 0.723. The Labute approximate surface area is 129 Å². The van der Waals surface area contributed by atoms with E-state index in [1.54, 1.807) is 30.2 Å². The smallest absolute Gasteiger partial charge is 0.310 e. The number of nitrogens with zero attached hydrogens (tertiary/aromatic N) is 2. The van der Waals surface area contributed by atoms with Crippen LogP contribution in [0.2, 0.25) is 0 Å². The van der Waals surface area contributed by atoms with Crippen molar-refractivity contribution in [3.63, 3.8) is 0 Å². The van der Waals surface area contributed by atoms with E-state index in [2.05, 4.69) is 4.98 Å². The van der Waals surface area contributed by atoms with Gasteiger partial charge in [-0.25, -0.2) is 4.98 Å². The van der Waals surface area contributed by atoms with Crippen LogP contribution in [0, 0.1) is 5.92 Å². The molecule has 6 heteroatoms. The minimum Gasteiger partial charge on any atom is -0.466 e. The fraction of sp³-hybridized carbons (Fsp3) is 0.533. The van der Waals surface area contributed by atoms with Crippen LogP contribution < -0.4 is 0 Å². The number of hydrogen-bond donors (Lipinski definition) is 0. The molecule has 1 atom stereocenters. The first-order valence-corrected chi connectivity index (χ1v) is 8.34. The largest absolute Gasteiger partial charge is 0.466 e. The highest BCUT2D eigenvalue weighted by Gasteiger charge is 2.30. The van der Waals surface area contributed by atoms with Crippen LogP contribution in [0.4, 0.5) is 0 Å². The Bertz CT molecular complexity index is 521. The molecule has 21 heavy (non-hydrogen) atoms. The van der Waals surface area contributed by atoms with Gasteiger partial charge >= 0.3 is 5.97 Å². The predicted molar refractivity (Wildman–Crippen MR) is 81.3 cm³/mol. The van der Waals surface area contributed by atoms with Crippen LogP contribution in [-0.2, 0) is 9.53 Å². The second kappa shape index (κ2) is 7.45. The Morgan fingerprint density at radius 3 is 3.05 bits per heavy atom. The van der Waals surface area contributed by atoms with Crippen molar-refractivity contribution in [2.75, 3.05) is 26.0 Å². The predicted octanol–water partition coefficient (Wildman–Crippen LogP) is 2.22. The SMILES string of the molecule is CCOC(=O)C1CCCN(C(=O)c2cccnc2SC)C1.